The van der Waals surface area contributed by atoms with E-state index in [-0.39, 0.29) is 0 Å². The Balaban J connectivity index is 2.97. The molecule has 0 amide bonds. The minimum absolute atomic E-state index is 0.537. The van der Waals surface area contributed by atoms with Gasteiger partial charge in [0.05, 0.1) is 92.5 Å². The Labute approximate surface area is 164 Å². The second kappa shape index (κ2) is 23.7. The minimum atomic E-state index is 0.537. The van der Waals surface area contributed by atoms with Gasteiger partial charge in [-0.05, 0) is 14.1 Å². The third-order valence-electron chi connectivity index (χ3n) is 3.18. The predicted molar refractivity (Wildman–Crippen MR) is 103 cm³/mol. The van der Waals surface area contributed by atoms with Gasteiger partial charge in [0.25, 0.3) is 0 Å². The fourth-order valence-electron chi connectivity index (χ4n) is 1.75. The van der Waals surface area contributed by atoms with Gasteiger partial charge >= 0.3 is 0 Å². The van der Waals surface area contributed by atoms with Gasteiger partial charge < -0.3 is 43.8 Å². The van der Waals surface area contributed by atoms with Crippen molar-refractivity contribution in [2.24, 2.45) is 5.73 Å². The largest absolute Gasteiger partial charge is 0.378 e. The molecule has 0 bridgehead atoms. The van der Waals surface area contributed by atoms with Crippen LogP contribution in [-0.4, -0.2) is 125 Å². The smallest absolute Gasteiger partial charge is 0.0701 e. The standard InChI is InChI=1S/C18H40N2O7/c1-20(2)4-6-22-8-10-24-12-14-26-16-18-27-17-15-25-13-11-23-9-7-21-5-3-19/h3-19H2,1-2H3. The molecule has 0 rings (SSSR count). The molecule has 2 N–H and O–H groups in total. The normalized spacial score (nSPS) is 11.6. The maximum absolute atomic E-state index is 5.42. The van der Waals surface area contributed by atoms with Crippen LogP contribution in [0, 0.1) is 0 Å². The summed E-state index contributed by atoms with van der Waals surface area (Å²) >= 11 is 0. The van der Waals surface area contributed by atoms with Crippen molar-refractivity contribution in [3.63, 3.8) is 0 Å². The van der Waals surface area contributed by atoms with Gasteiger partial charge in [0.15, 0.2) is 0 Å². The number of hydrogen-bond acceptors (Lipinski definition) is 9. The summed E-state index contributed by atoms with van der Waals surface area (Å²) < 4.78 is 37.6. The monoisotopic (exact) mass is 396 g/mol. The van der Waals surface area contributed by atoms with Crippen LogP contribution in [0.25, 0.3) is 0 Å². The van der Waals surface area contributed by atoms with Crippen molar-refractivity contribution in [3.8, 4) is 0 Å². The van der Waals surface area contributed by atoms with Crippen molar-refractivity contribution in [2.45, 2.75) is 0 Å². The quantitative estimate of drug-likeness (QED) is 0.232. The van der Waals surface area contributed by atoms with Gasteiger partial charge in [-0.2, -0.15) is 0 Å². The fourth-order valence-corrected chi connectivity index (χ4v) is 1.75. The first kappa shape index (κ1) is 26.6. The first-order valence-electron chi connectivity index (χ1n) is 9.66. The van der Waals surface area contributed by atoms with Crippen LogP contribution in [0.15, 0.2) is 0 Å². The number of hydrogen-bond donors (Lipinski definition) is 1. The Kier molecular flexibility index (Phi) is 23.4. The number of nitrogens with zero attached hydrogens (tertiary/aromatic N) is 1. The molecule has 0 aliphatic rings. The van der Waals surface area contributed by atoms with E-state index in [1.54, 1.807) is 0 Å². The summed E-state index contributed by atoms with van der Waals surface area (Å²) in [7, 11) is 4.04. The highest BCUT2D eigenvalue weighted by Gasteiger charge is 1.95. The molecule has 9 heteroatoms. The van der Waals surface area contributed by atoms with E-state index in [9.17, 15) is 0 Å². The zero-order chi connectivity index (χ0) is 19.8. The highest BCUT2D eigenvalue weighted by Crippen LogP contribution is 1.85. The van der Waals surface area contributed by atoms with Crippen LogP contribution in [0.1, 0.15) is 0 Å². The lowest BCUT2D eigenvalue weighted by molar-refractivity contribution is -0.0205. The maximum atomic E-state index is 5.42. The molecule has 0 saturated carbocycles. The van der Waals surface area contributed by atoms with E-state index in [1.807, 2.05) is 14.1 Å². The average Bonchev–Trinajstić information content (AvgIpc) is 2.65. The number of ether oxygens (including phenoxy) is 7. The summed E-state index contributed by atoms with van der Waals surface area (Å²) in [4.78, 5) is 2.08. The van der Waals surface area contributed by atoms with Crippen molar-refractivity contribution in [2.75, 3.05) is 120 Å². The Morgan fingerprint density at radius 2 is 0.704 bits per heavy atom. The summed E-state index contributed by atoms with van der Waals surface area (Å²) in [6, 6.07) is 0. The second-order valence-electron chi connectivity index (χ2n) is 5.88. The Morgan fingerprint density at radius 1 is 0.444 bits per heavy atom. The van der Waals surface area contributed by atoms with Crippen LogP contribution < -0.4 is 5.73 Å². The molecule has 0 aliphatic carbocycles. The molecule has 0 spiro atoms. The average molecular weight is 397 g/mol. The summed E-state index contributed by atoms with van der Waals surface area (Å²) in [5.41, 5.74) is 5.30. The Bertz CT molecular complexity index is 274. The number of nitrogens with two attached hydrogens (primary N) is 1. The van der Waals surface area contributed by atoms with Crippen molar-refractivity contribution in [3.05, 3.63) is 0 Å². The molecule has 0 aromatic heterocycles. The van der Waals surface area contributed by atoms with Gasteiger partial charge in [-0.25, -0.2) is 0 Å². The molecule has 0 atom stereocenters. The lowest BCUT2D eigenvalue weighted by Gasteiger charge is -2.10. The van der Waals surface area contributed by atoms with Crippen molar-refractivity contribution < 1.29 is 33.2 Å². The van der Waals surface area contributed by atoms with Crippen molar-refractivity contribution in [1.29, 1.82) is 0 Å². The maximum Gasteiger partial charge on any atom is 0.0701 e. The van der Waals surface area contributed by atoms with Gasteiger partial charge in [-0.15, -0.1) is 0 Å². The van der Waals surface area contributed by atoms with Gasteiger partial charge in [0.2, 0.25) is 0 Å². The second-order valence-corrected chi connectivity index (χ2v) is 5.88. The molecule has 0 unspecified atom stereocenters. The zero-order valence-corrected chi connectivity index (χ0v) is 17.2. The third-order valence-corrected chi connectivity index (χ3v) is 3.18. The molecular weight excluding hydrogens is 356 g/mol. The van der Waals surface area contributed by atoms with E-state index < -0.39 is 0 Å². The van der Waals surface area contributed by atoms with Gasteiger partial charge in [0, 0.05) is 13.1 Å². The van der Waals surface area contributed by atoms with Gasteiger partial charge in [0.1, 0.15) is 0 Å². The van der Waals surface area contributed by atoms with Crippen LogP contribution in [-0.2, 0) is 33.2 Å². The molecular formula is C18H40N2O7. The van der Waals surface area contributed by atoms with Crippen LogP contribution in [0.2, 0.25) is 0 Å². The van der Waals surface area contributed by atoms with Crippen molar-refractivity contribution >= 4 is 0 Å². The predicted octanol–water partition coefficient (Wildman–Crippen LogP) is -0.377. The molecule has 0 radical (unpaired) electrons. The SMILES string of the molecule is CN(C)CCOCCOCCOCCOCCOCCOCCOCCN. The van der Waals surface area contributed by atoms with E-state index in [0.29, 0.717) is 92.4 Å². The summed E-state index contributed by atoms with van der Waals surface area (Å²) in [6.07, 6.45) is 0. The summed E-state index contributed by atoms with van der Waals surface area (Å²) in [5, 5.41) is 0. The number of likely N-dealkylation sites (N-methyl/N-ethyl adjacent to an activating group) is 1. The van der Waals surface area contributed by atoms with Gasteiger partial charge in [-0.1, -0.05) is 0 Å². The summed E-state index contributed by atoms with van der Waals surface area (Å²) in [5.74, 6) is 0. The van der Waals surface area contributed by atoms with E-state index in [0.717, 1.165) is 13.2 Å². The third kappa shape index (κ3) is 25.6. The lowest BCUT2D eigenvalue weighted by atomic mass is 10.6. The first-order chi connectivity index (χ1) is 13.3. The van der Waals surface area contributed by atoms with E-state index >= 15 is 0 Å². The highest BCUT2D eigenvalue weighted by atomic mass is 16.6. The molecule has 9 nitrogen and oxygen atoms in total. The fraction of sp³-hybridized carbons (Fsp3) is 1.00. The van der Waals surface area contributed by atoms with E-state index in [1.165, 1.54) is 0 Å². The highest BCUT2D eigenvalue weighted by molar-refractivity contribution is 4.40. The van der Waals surface area contributed by atoms with E-state index in [4.69, 9.17) is 38.9 Å². The Hall–Kier alpha value is -0.360. The topological polar surface area (TPSA) is 93.9 Å². The minimum Gasteiger partial charge on any atom is -0.378 e. The molecule has 0 fully saturated rings. The van der Waals surface area contributed by atoms with Crippen LogP contribution in [0.5, 0.6) is 0 Å². The van der Waals surface area contributed by atoms with Gasteiger partial charge in [-0.3, -0.25) is 0 Å². The number of rotatable bonds is 23. The summed E-state index contributed by atoms with van der Waals surface area (Å²) in [6.45, 7) is 9.50. The molecule has 0 aromatic carbocycles. The first-order valence-corrected chi connectivity index (χ1v) is 9.66. The molecule has 0 saturated heterocycles. The molecule has 0 aliphatic heterocycles. The van der Waals surface area contributed by atoms with Crippen LogP contribution >= 0.6 is 0 Å². The molecule has 0 heterocycles. The molecule has 27 heavy (non-hydrogen) atoms. The van der Waals surface area contributed by atoms with E-state index in [2.05, 4.69) is 4.90 Å². The lowest BCUT2D eigenvalue weighted by Crippen LogP contribution is -2.19. The van der Waals surface area contributed by atoms with Crippen molar-refractivity contribution in [1.82, 2.24) is 4.90 Å². The van der Waals surface area contributed by atoms with Crippen LogP contribution in [0.4, 0.5) is 0 Å². The molecule has 0 aromatic rings. The Morgan fingerprint density at radius 3 is 0.963 bits per heavy atom. The zero-order valence-electron chi connectivity index (χ0n) is 17.2. The van der Waals surface area contributed by atoms with Crippen LogP contribution in [0.3, 0.4) is 0 Å². The molecule has 164 valence electrons.